The Hall–Kier alpha value is -2.85. The number of aromatic amines is 1. The fourth-order valence-corrected chi connectivity index (χ4v) is 4.43. The Bertz CT molecular complexity index is 1180. The molecule has 0 radical (unpaired) electrons. The Morgan fingerprint density at radius 2 is 1.65 bits per heavy atom. The van der Waals surface area contributed by atoms with Crippen LogP contribution in [0.5, 0.6) is 0 Å². The van der Waals surface area contributed by atoms with E-state index < -0.39 is 21.8 Å². The smallest absolute Gasteiger partial charge is 0.369 e. The molecule has 2 heterocycles. The van der Waals surface area contributed by atoms with Crippen LogP contribution in [0.15, 0.2) is 54.7 Å². The summed E-state index contributed by atoms with van der Waals surface area (Å²) in [6.45, 7) is 1.99. The molecule has 0 saturated carbocycles. The van der Waals surface area contributed by atoms with E-state index in [-0.39, 0.29) is 0 Å². The van der Waals surface area contributed by atoms with Gasteiger partial charge in [-0.1, -0.05) is 24.3 Å². The molecule has 3 aromatic rings. The number of nitrogens with one attached hydrogen (secondary N) is 1. The number of rotatable bonds is 4. The molecule has 1 N–H and O–H groups in total. The lowest BCUT2D eigenvalue weighted by atomic mass is 10.1. The van der Waals surface area contributed by atoms with Crippen LogP contribution >= 0.6 is 0 Å². The van der Waals surface area contributed by atoms with Crippen LogP contribution in [0.4, 0.5) is 18.9 Å². The van der Waals surface area contributed by atoms with Crippen molar-refractivity contribution >= 4 is 15.7 Å². The summed E-state index contributed by atoms with van der Waals surface area (Å²) in [5.74, 6) is 0.545. The van der Waals surface area contributed by atoms with Crippen LogP contribution in [0.2, 0.25) is 0 Å². The van der Waals surface area contributed by atoms with Crippen molar-refractivity contribution in [2.24, 2.45) is 0 Å². The maximum absolute atomic E-state index is 13.0. The summed E-state index contributed by atoms with van der Waals surface area (Å²) in [6.07, 6.45) is -1.68. The van der Waals surface area contributed by atoms with Gasteiger partial charge in [-0.3, -0.25) is 0 Å². The van der Waals surface area contributed by atoms with E-state index in [0.29, 0.717) is 43.3 Å². The molecule has 0 amide bonds. The Morgan fingerprint density at radius 1 is 0.968 bits per heavy atom. The van der Waals surface area contributed by atoms with Crippen LogP contribution < -0.4 is 4.90 Å². The van der Waals surface area contributed by atoms with Crippen molar-refractivity contribution < 1.29 is 21.6 Å². The van der Waals surface area contributed by atoms with Gasteiger partial charge in [-0.15, -0.1) is 0 Å². The molecule has 1 saturated heterocycles. The Labute approximate surface area is 178 Å². The number of piperazine rings is 1. The molecule has 1 fully saturated rings. The van der Waals surface area contributed by atoms with Crippen LogP contribution in [-0.2, 0) is 16.2 Å². The molecule has 0 unspecified atom stereocenters. The molecular formula is C21H21F3N4O2S. The predicted octanol–water partition coefficient (Wildman–Crippen LogP) is 3.84. The van der Waals surface area contributed by atoms with Crippen molar-refractivity contribution in [1.29, 1.82) is 0 Å². The SMILES string of the molecule is CS(=O)(=O)N1CCN(c2cccc(-c3ncc(-c4cccc(C(F)(F)F)c4)[nH]3)c2)CC1. The van der Waals surface area contributed by atoms with Gasteiger partial charge >= 0.3 is 6.18 Å². The van der Waals surface area contributed by atoms with Crippen molar-refractivity contribution in [2.45, 2.75) is 6.18 Å². The Kier molecular flexibility index (Phi) is 5.52. The third-order valence-corrected chi connectivity index (χ3v) is 6.57. The summed E-state index contributed by atoms with van der Waals surface area (Å²) in [4.78, 5) is 9.54. The molecule has 1 aliphatic rings. The largest absolute Gasteiger partial charge is 0.416 e. The number of hydrogen-bond donors (Lipinski definition) is 1. The predicted molar refractivity (Wildman–Crippen MR) is 113 cm³/mol. The van der Waals surface area contributed by atoms with Gasteiger partial charge in [-0.05, 0) is 24.3 Å². The summed E-state index contributed by atoms with van der Waals surface area (Å²) in [6, 6.07) is 12.7. The number of anilines is 1. The fraction of sp³-hybridized carbons (Fsp3) is 0.286. The number of alkyl halides is 3. The van der Waals surface area contributed by atoms with Crippen LogP contribution in [0.1, 0.15) is 5.56 Å². The number of nitrogens with zero attached hydrogens (tertiary/aromatic N) is 3. The lowest BCUT2D eigenvalue weighted by molar-refractivity contribution is -0.137. The van der Waals surface area contributed by atoms with E-state index in [1.165, 1.54) is 22.8 Å². The first-order valence-electron chi connectivity index (χ1n) is 9.64. The van der Waals surface area contributed by atoms with Crippen LogP contribution in [0.25, 0.3) is 22.6 Å². The molecular weight excluding hydrogens is 429 g/mol. The van der Waals surface area contributed by atoms with Crippen molar-refractivity contribution in [3.8, 4) is 22.6 Å². The summed E-state index contributed by atoms with van der Waals surface area (Å²) in [5, 5.41) is 0. The second-order valence-electron chi connectivity index (χ2n) is 7.42. The quantitative estimate of drug-likeness (QED) is 0.656. The van der Waals surface area contributed by atoms with E-state index in [4.69, 9.17) is 0 Å². The molecule has 31 heavy (non-hydrogen) atoms. The van der Waals surface area contributed by atoms with Gasteiger partial charge in [-0.2, -0.15) is 17.5 Å². The van der Waals surface area contributed by atoms with Gasteiger partial charge in [0.15, 0.2) is 0 Å². The summed E-state index contributed by atoms with van der Waals surface area (Å²) >= 11 is 0. The molecule has 6 nitrogen and oxygen atoms in total. The second kappa shape index (κ2) is 8.01. The molecule has 10 heteroatoms. The van der Waals surface area contributed by atoms with E-state index in [0.717, 1.165) is 23.4 Å². The highest BCUT2D eigenvalue weighted by Crippen LogP contribution is 2.32. The van der Waals surface area contributed by atoms with Gasteiger partial charge in [0.05, 0.1) is 23.7 Å². The lowest BCUT2D eigenvalue weighted by Gasteiger charge is -2.34. The minimum atomic E-state index is -4.41. The van der Waals surface area contributed by atoms with E-state index in [1.54, 1.807) is 6.07 Å². The third kappa shape index (κ3) is 4.75. The second-order valence-corrected chi connectivity index (χ2v) is 9.41. The first kappa shape index (κ1) is 21.4. The first-order valence-corrected chi connectivity index (χ1v) is 11.5. The minimum Gasteiger partial charge on any atom is -0.369 e. The normalized spacial score (nSPS) is 15.9. The molecule has 0 spiro atoms. The Balaban J connectivity index is 1.54. The van der Waals surface area contributed by atoms with Crippen LogP contribution in [-0.4, -0.2) is 55.1 Å². The molecule has 1 aromatic heterocycles. The summed E-state index contributed by atoms with van der Waals surface area (Å²) in [7, 11) is -3.20. The average molecular weight is 450 g/mol. The van der Waals surface area contributed by atoms with Gasteiger partial charge in [0.25, 0.3) is 0 Å². The van der Waals surface area contributed by atoms with E-state index >= 15 is 0 Å². The van der Waals surface area contributed by atoms with Gasteiger partial charge in [0.1, 0.15) is 5.82 Å². The highest BCUT2D eigenvalue weighted by molar-refractivity contribution is 7.88. The first-order chi connectivity index (χ1) is 14.6. The number of H-pyrrole nitrogens is 1. The van der Waals surface area contributed by atoms with Crippen molar-refractivity contribution in [3.05, 3.63) is 60.3 Å². The van der Waals surface area contributed by atoms with Crippen LogP contribution in [0.3, 0.4) is 0 Å². The minimum absolute atomic E-state index is 0.404. The molecule has 0 atom stereocenters. The number of imidazole rings is 1. The molecule has 2 aromatic carbocycles. The molecule has 164 valence electrons. The molecule has 0 aliphatic carbocycles. The van der Waals surface area contributed by atoms with E-state index in [1.807, 2.05) is 24.3 Å². The zero-order valence-corrected chi connectivity index (χ0v) is 17.5. The summed E-state index contributed by atoms with van der Waals surface area (Å²) < 4.78 is 63.8. The maximum atomic E-state index is 13.0. The molecule has 1 aliphatic heterocycles. The highest BCUT2D eigenvalue weighted by Gasteiger charge is 2.30. The van der Waals surface area contributed by atoms with Gasteiger partial charge in [0, 0.05) is 43.0 Å². The molecule has 0 bridgehead atoms. The van der Waals surface area contributed by atoms with E-state index in [9.17, 15) is 21.6 Å². The van der Waals surface area contributed by atoms with Crippen molar-refractivity contribution in [3.63, 3.8) is 0 Å². The summed E-state index contributed by atoms with van der Waals surface area (Å²) in [5.41, 5.74) is 1.91. The topological polar surface area (TPSA) is 69.3 Å². The maximum Gasteiger partial charge on any atom is 0.416 e. The molecule has 4 rings (SSSR count). The monoisotopic (exact) mass is 450 g/mol. The zero-order valence-electron chi connectivity index (χ0n) is 16.7. The van der Waals surface area contributed by atoms with E-state index in [2.05, 4.69) is 14.9 Å². The lowest BCUT2D eigenvalue weighted by Crippen LogP contribution is -2.48. The van der Waals surface area contributed by atoms with Crippen LogP contribution in [0, 0.1) is 0 Å². The number of hydrogen-bond acceptors (Lipinski definition) is 4. The van der Waals surface area contributed by atoms with Gasteiger partial charge in [-0.25, -0.2) is 13.4 Å². The van der Waals surface area contributed by atoms with Gasteiger partial charge in [0.2, 0.25) is 10.0 Å². The Morgan fingerprint density at radius 3 is 2.32 bits per heavy atom. The van der Waals surface area contributed by atoms with Gasteiger partial charge < -0.3 is 9.88 Å². The number of halogens is 3. The number of benzene rings is 2. The zero-order chi connectivity index (χ0) is 22.2. The third-order valence-electron chi connectivity index (χ3n) is 5.27. The number of sulfonamides is 1. The fourth-order valence-electron chi connectivity index (χ4n) is 3.61. The number of aromatic nitrogens is 2. The van der Waals surface area contributed by atoms with Crippen molar-refractivity contribution in [1.82, 2.24) is 14.3 Å². The standard InChI is InChI=1S/C21H21F3N4O2S/c1-31(29,30)28-10-8-27(9-11-28)18-7-3-5-16(13-18)20-25-14-19(26-20)15-4-2-6-17(12-15)21(22,23)24/h2-7,12-14H,8-11H2,1H3,(H,25,26). The van der Waals surface area contributed by atoms with Crippen molar-refractivity contribution in [2.75, 3.05) is 37.3 Å². The average Bonchev–Trinajstić information content (AvgIpc) is 3.23. The highest BCUT2D eigenvalue weighted by atomic mass is 32.2.